The lowest BCUT2D eigenvalue weighted by Gasteiger charge is -2.35. The predicted molar refractivity (Wildman–Crippen MR) is 93.1 cm³/mol. The zero-order valence-corrected chi connectivity index (χ0v) is 15.4. The van der Waals surface area contributed by atoms with E-state index in [0.717, 1.165) is 38.6 Å². The Hall–Kier alpha value is -1.83. The minimum atomic E-state index is -0.537. The number of amides is 4. The van der Waals surface area contributed by atoms with Gasteiger partial charge in [-0.3, -0.25) is 15.0 Å². The van der Waals surface area contributed by atoms with Gasteiger partial charge in [-0.2, -0.15) is 0 Å². The van der Waals surface area contributed by atoms with Gasteiger partial charge in [0, 0.05) is 18.6 Å². The molecule has 1 aliphatic heterocycles. The van der Waals surface area contributed by atoms with Gasteiger partial charge < -0.3 is 15.4 Å². The number of alkyl carbamates (subject to hydrolysis) is 1. The van der Waals surface area contributed by atoms with Crippen molar-refractivity contribution in [3.63, 3.8) is 0 Å². The monoisotopic (exact) mass is 354 g/mol. The molecule has 2 rings (SSSR count). The van der Waals surface area contributed by atoms with Crippen LogP contribution in [-0.2, 0) is 9.53 Å². The van der Waals surface area contributed by atoms with Gasteiger partial charge in [0.25, 0.3) is 0 Å². The molecule has 1 saturated heterocycles. The Labute approximate surface area is 149 Å². The Kier molecular flexibility index (Phi) is 6.64. The van der Waals surface area contributed by atoms with Crippen LogP contribution in [0.5, 0.6) is 0 Å². The van der Waals surface area contributed by atoms with Crippen molar-refractivity contribution in [1.29, 1.82) is 0 Å². The van der Waals surface area contributed by atoms with Crippen molar-refractivity contribution in [2.75, 3.05) is 19.6 Å². The van der Waals surface area contributed by atoms with Crippen molar-refractivity contribution in [3.05, 3.63) is 0 Å². The topological polar surface area (TPSA) is 99.8 Å². The van der Waals surface area contributed by atoms with Gasteiger partial charge >= 0.3 is 12.1 Å². The zero-order valence-electron chi connectivity index (χ0n) is 15.4. The first-order valence-corrected chi connectivity index (χ1v) is 9.04. The molecule has 4 amide bonds. The summed E-state index contributed by atoms with van der Waals surface area (Å²) in [6.07, 6.45) is 4.47. The number of carbonyl (C=O) groups is 3. The molecule has 3 N–H and O–H groups in total. The van der Waals surface area contributed by atoms with Gasteiger partial charge in [0.2, 0.25) is 5.91 Å². The smallest absolute Gasteiger partial charge is 0.407 e. The molecular weight excluding hydrogens is 324 g/mol. The van der Waals surface area contributed by atoms with Crippen molar-refractivity contribution in [2.24, 2.45) is 0 Å². The number of rotatable bonds is 5. The van der Waals surface area contributed by atoms with Crippen LogP contribution in [0.25, 0.3) is 0 Å². The standard InChI is InChI=1S/C17H30N4O4/c1-17(2,3)25-16(24)18-10-13-6-4-5-9-21(13)11-14(22)20-15(23)19-12-7-8-12/h12-13H,4-11H2,1-3H3,(H,18,24)(H2,19,20,22,23). The van der Waals surface area contributed by atoms with Gasteiger partial charge in [0.05, 0.1) is 6.54 Å². The minimum absolute atomic E-state index is 0.0681. The van der Waals surface area contributed by atoms with E-state index in [0.29, 0.717) is 6.54 Å². The van der Waals surface area contributed by atoms with Gasteiger partial charge in [0.15, 0.2) is 0 Å². The van der Waals surface area contributed by atoms with Crippen LogP contribution in [0, 0.1) is 0 Å². The van der Waals surface area contributed by atoms with Crippen LogP contribution >= 0.6 is 0 Å². The average molecular weight is 354 g/mol. The van der Waals surface area contributed by atoms with E-state index in [1.165, 1.54) is 0 Å². The lowest BCUT2D eigenvalue weighted by atomic mass is 10.0. The Morgan fingerprint density at radius 1 is 1.12 bits per heavy atom. The number of imide groups is 1. The van der Waals surface area contributed by atoms with Crippen LogP contribution < -0.4 is 16.0 Å². The number of hydrogen-bond donors (Lipinski definition) is 3. The lowest BCUT2D eigenvalue weighted by Crippen LogP contribution is -2.52. The summed E-state index contributed by atoms with van der Waals surface area (Å²) in [5.74, 6) is -0.317. The third kappa shape index (κ3) is 7.72. The molecule has 1 aliphatic carbocycles. The molecule has 1 unspecified atom stereocenters. The number of hydrogen-bond acceptors (Lipinski definition) is 5. The molecule has 1 saturated carbocycles. The Bertz CT molecular complexity index is 499. The van der Waals surface area contributed by atoms with Crippen LogP contribution in [0.2, 0.25) is 0 Å². The van der Waals surface area contributed by atoms with E-state index in [1.54, 1.807) is 0 Å². The number of carbonyl (C=O) groups excluding carboxylic acids is 3. The molecule has 0 aromatic rings. The van der Waals surface area contributed by atoms with Gasteiger partial charge in [-0.25, -0.2) is 9.59 Å². The first-order chi connectivity index (χ1) is 11.7. The molecule has 25 heavy (non-hydrogen) atoms. The molecule has 142 valence electrons. The van der Waals surface area contributed by atoms with Crippen molar-refractivity contribution in [2.45, 2.75) is 70.6 Å². The van der Waals surface area contributed by atoms with Crippen molar-refractivity contribution < 1.29 is 19.1 Å². The summed E-state index contributed by atoms with van der Waals surface area (Å²) in [7, 11) is 0. The number of piperidine rings is 1. The fourth-order valence-electron chi connectivity index (χ4n) is 2.81. The summed E-state index contributed by atoms with van der Waals surface area (Å²) < 4.78 is 5.24. The summed E-state index contributed by atoms with van der Waals surface area (Å²) in [5.41, 5.74) is -0.537. The van der Waals surface area contributed by atoms with Crippen LogP contribution in [0.3, 0.4) is 0 Å². The molecule has 8 nitrogen and oxygen atoms in total. The largest absolute Gasteiger partial charge is 0.444 e. The molecule has 0 aromatic carbocycles. The Morgan fingerprint density at radius 2 is 1.84 bits per heavy atom. The fraction of sp³-hybridized carbons (Fsp3) is 0.824. The van der Waals surface area contributed by atoms with E-state index < -0.39 is 17.7 Å². The third-order valence-corrected chi connectivity index (χ3v) is 4.14. The highest BCUT2D eigenvalue weighted by Crippen LogP contribution is 2.18. The van der Waals surface area contributed by atoms with Gasteiger partial charge in [-0.15, -0.1) is 0 Å². The fourth-order valence-corrected chi connectivity index (χ4v) is 2.81. The molecule has 8 heteroatoms. The highest BCUT2D eigenvalue weighted by atomic mass is 16.6. The summed E-state index contributed by atoms with van der Waals surface area (Å²) >= 11 is 0. The maximum absolute atomic E-state index is 12.1. The number of nitrogens with zero attached hydrogens (tertiary/aromatic N) is 1. The molecule has 0 aromatic heterocycles. The highest BCUT2D eigenvalue weighted by Gasteiger charge is 2.27. The van der Waals surface area contributed by atoms with Crippen molar-refractivity contribution in [1.82, 2.24) is 20.9 Å². The number of ether oxygens (including phenoxy) is 1. The van der Waals surface area contributed by atoms with E-state index in [4.69, 9.17) is 4.74 Å². The maximum Gasteiger partial charge on any atom is 0.407 e. The molecule has 2 aliphatic rings. The lowest BCUT2D eigenvalue weighted by molar-refractivity contribution is -0.122. The van der Waals surface area contributed by atoms with Crippen LogP contribution in [-0.4, -0.2) is 60.3 Å². The second kappa shape index (κ2) is 8.51. The van der Waals surface area contributed by atoms with E-state index in [9.17, 15) is 14.4 Å². The molecule has 0 spiro atoms. The van der Waals surface area contributed by atoms with E-state index in [-0.39, 0.29) is 24.5 Å². The Morgan fingerprint density at radius 3 is 2.48 bits per heavy atom. The van der Waals surface area contributed by atoms with Gasteiger partial charge in [0.1, 0.15) is 5.60 Å². The first-order valence-electron chi connectivity index (χ1n) is 9.04. The van der Waals surface area contributed by atoms with E-state index >= 15 is 0 Å². The summed E-state index contributed by atoms with van der Waals surface area (Å²) in [4.78, 5) is 37.5. The van der Waals surface area contributed by atoms with Crippen LogP contribution in [0.4, 0.5) is 9.59 Å². The number of urea groups is 1. The second-order valence-electron chi connectivity index (χ2n) is 7.80. The summed E-state index contributed by atoms with van der Waals surface area (Å²) in [5, 5.41) is 7.88. The van der Waals surface area contributed by atoms with Gasteiger partial charge in [-0.05, 0) is 53.0 Å². The minimum Gasteiger partial charge on any atom is -0.444 e. The molecular formula is C17H30N4O4. The zero-order chi connectivity index (χ0) is 18.4. The van der Waals surface area contributed by atoms with Crippen molar-refractivity contribution in [3.8, 4) is 0 Å². The van der Waals surface area contributed by atoms with Crippen molar-refractivity contribution >= 4 is 18.0 Å². The highest BCUT2D eigenvalue weighted by molar-refractivity contribution is 5.95. The quantitative estimate of drug-likeness (QED) is 0.692. The molecule has 0 bridgehead atoms. The number of likely N-dealkylation sites (tertiary alicyclic amines) is 1. The molecule has 1 atom stereocenters. The van der Waals surface area contributed by atoms with Crippen LogP contribution in [0.15, 0.2) is 0 Å². The first kappa shape index (κ1) is 19.5. The van der Waals surface area contributed by atoms with E-state index in [2.05, 4.69) is 16.0 Å². The van der Waals surface area contributed by atoms with Gasteiger partial charge in [-0.1, -0.05) is 6.42 Å². The number of nitrogens with one attached hydrogen (secondary N) is 3. The summed E-state index contributed by atoms with van der Waals surface area (Å²) in [6, 6.07) is -0.139. The summed E-state index contributed by atoms with van der Waals surface area (Å²) in [6.45, 7) is 6.80. The molecule has 2 fully saturated rings. The predicted octanol–water partition coefficient (Wildman–Crippen LogP) is 1.35. The molecule has 0 radical (unpaired) electrons. The van der Waals surface area contributed by atoms with E-state index in [1.807, 2.05) is 25.7 Å². The Balaban J connectivity index is 1.75. The van der Waals surface area contributed by atoms with Crippen LogP contribution in [0.1, 0.15) is 52.9 Å². The second-order valence-corrected chi connectivity index (χ2v) is 7.80. The SMILES string of the molecule is CC(C)(C)OC(=O)NCC1CCCCN1CC(=O)NC(=O)NC1CC1. The molecule has 1 heterocycles. The normalized spacial score (nSPS) is 21.3. The maximum atomic E-state index is 12.1. The third-order valence-electron chi connectivity index (χ3n) is 4.14. The average Bonchev–Trinajstić information content (AvgIpc) is 3.28.